The fraction of sp³-hybridized carbons (Fsp3) is 0.300. The van der Waals surface area contributed by atoms with Crippen molar-refractivity contribution in [2.75, 3.05) is 10.2 Å². The standard InChI is InChI=1S/C20H22N2O2/c1-12-8-9-16(10-14(12)3)21-17-11-19(23)22(20(17)24)18-7-5-6-13(2)15(18)4/h5-10,17,21H,11H2,1-4H3/t17-/m0/s1. The first-order valence-corrected chi connectivity index (χ1v) is 8.15. The van der Waals surface area contributed by atoms with Gasteiger partial charge in [0.15, 0.2) is 0 Å². The summed E-state index contributed by atoms with van der Waals surface area (Å²) in [6.45, 7) is 8.00. The van der Waals surface area contributed by atoms with E-state index in [4.69, 9.17) is 0 Å². The molecule has 1 N–H and O–H groups in total. The molecule has 2 aromatic carbocycles. The molecule has 0 unspecified atom stereocenters. The number of rotatable bonds is 3. The van der Waals surface area contributed by atoms with Crippen molar-refractivity contribution >= 4 is 23.2 Å². The monoisotopic (exact) mass is 322 g/mol. The molecule has 1 atom stereocenters. The summed E-state index contributed by atoms with van der Waals surface area (Å²) >= 11 is 0. The molecule has 124 valence electrons. The van der Waals surface area contributed by atoms with Crippen molar-refractivity contribution in [3.63, 3.8) is 0 Å². The van der Waals surface area contributed by atoms with Crippen LogP contribution in [0, 0.1) is 27.7 Å². The van der Waals surface area contributed by atoms with Gasteiger partial charge in [-0.3, -0.25) is 9.59 Å². The summed E-state index contributed by atoms with van der Waals surface area (Å²) in [7, 11) is 0. The van der Waals surface area contributed by atoms with Crippen molar-refractivity contribution < 1.29 is 9.59 Å². The van der Waals surface area contributed by atoms with Gasteiger partial charge in [0, 0.05) is 5.69 Å². The first kappa shape index (κ1) is 16.2. The van der Waals surface area contributed by atoms with Crippen LogP contribution in [0.15, 0.2) is 36.4 Å². The van der Waals surface area contributed by atoms with Crippen molar-refractivity contribution in [2.24, 2.45) is 0 Å². The fourth-order valence-electron chi connectivity index (χ4n) is 3.01. The van der Waals surface area contributed by atoms with Gasteiger partial charge in [0.2, 0.25) is 5.91 Å². The lowest BCUT2D eigenvalue weighted by molar-refractivity contribution is -0.121. The van der Waals surface area contributed by atoms with E-state index in [1.165, 1.54) is 10.5 Å². The molecule has 1 heterocycles. The molecule has 2 aromatic rings. The summed E-state index contributed by atoms with van der Waals surface area (Å²) < 4.78 is 0. The van der Waals surface area contributed by atoms with Crippen LogP contribution < -0.4 is 10.2 Å². The van der Waals surface area contributed by atoms with E-state index >= 15 is 0 Å². The van der Waals surface area contributed by atoms with Crippen LogP contribution in [-0.4, -0.2) is 17.9 Å². The molecule has 0 spiro atoms. The Bertz CT molecular complexity index is 826. The minimum Gasteiger partial charge on any atom is -0.373 e. The molecule has 3 rings (SSSR count). The van der Waals surface area contributed by atoms with Gasteiger partial charge in [0.25, 0.3) is 5.91 Å². The molecule has 24 heavy (non-hydrogen) atoms. The Hall–Kier alpha value is -2.62. The maximum atomic E-state index is 12.8. The van der Waals surface area contributed by atoms with Gasteiger partial charge in [-0.15, -0.1) is 0 Å². The maximum absolute atomic E-state index is 12.8. The van der Waals surface area contributed by atoms with E-state index in [0.29, 0.717) is 5.69 Å². The highest BCUT2D eigenvalue weighted by Gasteiger charge is 2.40. The number of amides is 2. The van der Waals surface area contributed by atoms with Gasteiger partial charge in [0.1, 0.15) is 6.04 Å². The molecule has 1 fully saturated rings. The number of hydrogen-bond acceptors (Lipinski definition) is 3. The zero-order chi connectivity index (χ0) is 17.4. The smallest absolute Gasteiger partial charge is 0.256 e. The van der Waals surface area contributed by atoms with Crippen LogP contribution in [0.2, 0.25) is 0 Å². The van der Waals surface area contributed by atoms with Crippen LogP contribution >= 0.6 is 0 Å². The largest absolute Gasteiger partial charge is 0.373 e. The van der Waals surface area contributed by atoms with Gasteiger partial charge in [-0.05, 0) is 68.1 Å². The van der Waals surface area contributed by atoms with Crippen LogP contribution in [0.4, 0.5) is 11.4 Å². The Morgan fingerprint density at radius 2 is 1.71 bits per heavy atom. The van der Waals surface area contributed by atoms with Crippen molar-refractivity contribution in [3.8, 4) is 0 Å². The summed E-state index contributed by atoms with van der Waals surface area (Å²) in [4.78, 5) is 26.5. The first-order chi connectivity index (χ1) is 11.4. The quantitative estimate of drug-likeness (QED) is 0.877. The van der Waals surface area contributed by atoms with Crippen molar-refractivity contribution in [1.82, 2.24) is 0 Å². The van der Waals surface area contributed by atoms with Gasteiger partial charge in [-0.2, -0.15) is 0 Å². The Balaban J connectivity index is 1.86. The third-order valence-electron chi connectivity index (χ3n) is 4.81. The number of anilines is 2. The molecule has 4 heteroatoms. The van der Waals surface area contributed by atoms with E-state index in [-0.39, 0.29) is 18.2 Å². The van der Waals surface area contributed by atoms with E-state index < -0.39 is 6.04 Å². The number of benzene rings is 2. The lowest BCUT2D eigenvalue weighted by Gasteiger charge is -2.19. The first-order valence-electron chi connectivity index (χ1n) is 8.15. The summed E-state index contributed by atoms with van der Waals surface area (Å²) in [6, 6.07) is 11.1. The molecule has 1 saturated heterocycles. The molecule has 0 bridgehead atoms. The number of carbonyl (C=O) groups is 2. The van der Waals surface area contributed by atoms with Gasteiger partial charge in [0.05, 0.1) is 12.1 Å². The van der Waals surface area contributed by atoms with E-state index in [9.17, 15) is 9.59 Å². The third-order valence-corrected chi connectivity index (χ3v) is 4.81. The van der Waals surface area contributed by atoms with Crippen molar-refractivity contribution in [3.05, 3.63) is 58.7 Å². The van der Waals surface area contributed by atoms with Gasteiger partial charge >= 0.3 is 0 Å². The van der Waals surface area contributed by atoms with Crippen LogP contribution in [0.5, 0.6) is 0 Å². The number of carbonyl (C=O) groups excluding carboxylic acids is 2. The molecule has 0 radical (unpaired) electrons. The number of aryl methyl sites for hydroxylation is 3. The highest BCUT2D eigenvalue weighted by Crippen LogP contribution is 2.29. The predicted octanol–water partition coefficient (Wildman–Crippen LogP) is 3.66. The number of nitrogens with one attached hydrogen (secondary N) is 1. The number of imide groups is 1. The second-order valence-electron chi connectivity index (χ2n) is 6.49. The third kappa shape index (κ3) is 2.80. The number of hydrogen-bond donors (Lipinski definition) is 1. The summed E-state index contributed by atoms with van der Waals surface area (Å²) in [5, 5.41) is 3.21. The van der Waals surface area contributed by atoms with E-state index in [2.05, 4.69) is 5.32 Å². The minimum absolute atomic E-state index is 0.157. The average Bonchev–Trinajstić information content (AvgIpc) is 2.80. The van der Waals surface area contributed by atoms with Gasteiger partial charge < -0.3 is 5.32 Å². The fourth-order valence-corrected chi connectivity index (χ4v) is 3.01. The molecular weight excluding hydrogens is 300 g/mol. The Morgan fingerprint density at radius 1 is 0.958 bits per heavy atom. The van der Waals surface area contributed by atoms with Crippen molar-refractivity contribution in [1.29, 1.82) is 0 Å². The minimum atomic E-state index is -0.514. The maximum Gasteiger partial charge on any atom is 0.256 e. The van der Waals surface area contributed by atoms with E-state index in [1.54, 1.807) is 0 Å². The zero-order valence-electron chi connectivity index (χ0n) is 14.5. The highest BCUT2D eigenvalue weighted by molar-refractivity contribution is 6.23. The second kappa shape index (κ2) is 6.11. The SMILES string of the molecule is Cc1ccc(N[C@H]2CC(=O)N(c3cccc(C)c3C)C2=O)cc1C. The average molecular weight is 322 g/mol. The van der Waals surface area contributed by atoms with Crippen LogP contribution in [-0.2, 0) is 9.59 Å². The molecule has 2 amide bonds. The normalized spacial score (nSPS) is 17.5. The molecule has 0 aromatic heterocycles. The van der Waals surface area contributed by atoms with Gasteiger partial charge in [-0.1, -0.05) is 18.2 Å². The second-order valence-corrected chi connectivity index (χ2v) is 6.49. The van der Waals surface area contributed by atoms with Crippen LogP contribution in [0.1, 0.15) is 28.7 Å². The summed E-state index contributed by atoms with van der Waals surface area (Å²) in [5.74, 6) is -0.345. The van der Waals surface area contributed by atoms with Gasteiger partial charge in [-0.25, -0.2) is 4.90 Å². The molecule has 0 aliphatic carbocycles. The van der Waals surface area contributed by atoms with E-state index in [1.807, 2.05) is 64.1 Å². The Labute approximate surface area is 142 Å². The lowest BCUT2D eigenvalue weighted by atomic mass is 10.1. The Kier molecular flexibility index (Phi) is 4.14. The van der Waals surface area contributed by atoms with Crippen LogP contribution in [0.25, 0.3) is 0 Å². The van der Waals surface area contributed by atoms with Crippen molar-refractivity contribution in [2.45, 2.75) is 40.2 Å². The molecule has 4 nitrogen and oxygen atoms in total. The molecule has 1 aliphatic heterocycles. The van der Waals surface area contributed by atoms with E-state index in [0.717, 1.165) is 22.4 Å². The molecule has 0 saturated carbocycles. The molecular formula is C20H22N2O2. The lowest BCUT2D eigenvalue weighted by Crippen LogP contribution is -2.35. The topological polar surface area (TPSA) is 49.4 Å². The zero-order valence-corrected chi connectivity index (χ0v) is 14.5. The highest BCUT2D eigenvalue weighted by atomic mass is 16.2. The summed E-state index contributed by atoms with van der Waals surface area (Å²) in [6.07, 6.45) is 0.180. The number of nitrogens with zero attached hydrogens (tertiary/aromatic N) is 1. The summed E-state index contributed by atoms with van der Waals surface area (Å²) in [5.41, 5.74) is 5.95. The predicted molar refractivity (Wildman–Crippen MR) is 96.4 cm³/mol. The molecule has 1 aliphatic rings. The Morgan fingerprint density at radius 3 is 2.42 bits per heavy atom. The van der Waals surface area contributed by atoms with Crippen LogP contribution in [0.3, 0.4) is 0 Å².